The first-order chi connectivity index (χ1) is 23.8. The lowest BCUT2D eigenvalue weighted by Gasteiger charge is -2.10. The van der Waals surface area contributed by atoms with Gasteiger partial charge in [0.05, 0.1) is 29.9 Å². The molecule has 6 heterocycles. The molecule has 20 heteroatoms. The molecule has 7 aromatic rings. The van der Waals surface area contributed by atoms with Crippen LogP contribution in [0.3, 0.4) is 0 Å². The van der Waals surface area contributed by atoms with Gasteiger partial charge >= 0.3 is 12.4 Å². The Hall–Kier alpha value is -4.78. The summed E-state index contributed by atoms with van der Waals surface area (Å²) in [4.78, 5) is 31.5. The number of nitrogens with one attached hydrogen (secondary N) is 1. The van der Waals surface area contributed by atoms with Crippen LogP contribution in [0.5, 0.6) is 5.75 Å². The highest BCUT2D eigenvalue weighted by molar-refractivity contribution is 7.19. The van der Waals surface area contributed by atoms with Gasteiger partial charge in [-0.25, -0.2) is 29.9 Å². The minimum atomic E-state index is -4.47. The number of alkyl halides is 6. The smallest absolute Gasteiger partial charge is 0.425 e. The molecule has 7 rings (SSSR count). The van der Waals surface area contributed by atoms with Crippen LogP contribution in [-0.4, -0.2) is 47.0 Å². The molecule has 1 N–H and O–H groups in total. The minimum absolute atomic E-state index is 0.0394. The Morgan fingerprint density at radius 3 is 1.80 bits per heavy atom. The molecule has 0 atom stereocenters. The standard InChI is InChI=1S/C19H13ClF3N5OS.C11H4ClF3N4S/c1-29-14-3-2-10(6-12(14)20)8-26-16-11-7-15(19(21,22)23)30-18(11)28-17(27-16)13-9-24-4-5-25-13;12-8-5-3-7(11(13,14)15)20-10(5)19-9(18-8)6-4-16-1-2-17-6/h2-7,9H,8H2,1H3,(H,26,27,28);1-4H. The molecule has 0 bridgehead atoms. The third-order valence-corrected chi connectivity index (χ3v) is 9.29. The fourth-order valence-electron chi connectivity index (χ4n) is 4.29. The first-order valence-corrected chi connectivity index (χ1v) is 16.2. The highest BCUT2D eigenvalue weighted by atomic mass is 35.5. The zero-order valence-electron chi connectivity index (χ0n) is 24.9. The molecule has 0 radical (unpaired) electrons. The van der Waals surface area contributed by atoms with Gasteiger partial charge in [0.25, 0.3) is 0 Å². The number of nitrogens with zero attached hydrogens (tertiary/aromatic N) is 8. The van der Waals surface area contributed by atoms with E-state index in [1.165, 1.54) is 44.3 Å². The number of rotatable bonds is 6. The molecule has 0 saturated heterocycles. The van der Waals surface area contributed by atoms with E-state index >= 15 is 0 Å². The topological polar surface area (TPSA) is 124 Å². The molecule has 0 aliphatic heterocycles. The molecule has 6 aromatic heterocycles. The van der Waals surface area contributed by atoms with Gasteiger partial charge in [-0.05, 0) is 29.8 Å². The summed E-state index contributed by atoms with van der Waals surface area (Å²) in [5.74, 6) is 1.12. The average molecular weight is 769 g/mol. The lowest BCUT2D eigenvalue weighted by atomic mass is 10.2. The molecule has 0 spiro atoms. The van der Waals surface area contributed by atoms with Crippen molar-refractivity contribution in [1.82, 2.24) is 39.9 Å². The first-order valence-electron chi connectivity index (χ1n) is 13.8. The van der Waals surface area contributed by atoms with Crippen molar-refractivity contribution in [1.29, 1.82) is 0 Å². The van der Waals surface area contributed by atoms with Gasteiger partial charge in [-0.3, -0.25) is 9.97 Å². The van der Waals surface area contributed by atoms with Gasteiger partial charge in [0.2, 0.25) is 0 Å². The van der Waals surface area contributed by atoms with Crippen LogP contribution < -0.4 is 10.1 Å². The zero-order chi connectivity index (χ0) is 35.6. The largest absolute Gasteiger partial charge is 0.495 e. The van der Waals surface area contributed by atoms with Crippen molar-refractivity contribution in [3.63, 3.8) is 0 Å². The van der Waals surface area contributed by atoms with Crippen molar-refractivity contribution in [2.75, 3.05) is 12.4 Å². The van der Waals surface area contributed by atoms with Gasteiger partial charge in [-0.1, -0.05) is 29.3 Å². The van der Waals surface area contributed by atoms with E-state index in [4.69, 9.17) is 27.9 Å². The van der Waals surface area contributed by atoms with E-state index in [2.05, 4.69) is 45.2 Å². The first kappa shape index (κ1) is 35.1. The molecule has 1 aromatic carbocycles. The average Bonchev–Trinajstić information content (AvgIpc) is 3.74. The minimum Gasteiger partial charge on any atom is -0.495 e. The highest BCUT2D eigenvalue weighted by Crippen LogP contribution is 2.41. The summed E-state index contributed by atoms with van der Waals surface area (Å²) in [6.45, 7) is 0.285. The van der Waals surface area contributed by atoms with Crippen LogP contribution >= 0.6 is 45.9 Å². The number of aromatic nitrogens is 8. The summed E-state index contributed by atoms with van der Waals surface area (Å²) < 4.78 is 82.9. The van der Waals surface area contributed by atoms with E-state index in [0.29, 0.717) is 44.8 Å². The van der Waals surface area contributed by atoms with Crippen molar-refractivity contribution in [3.05, 3.63) is 93.0 Å². The Labute approximate surface area is 295 Å². The molecule has 0 aliphatic rings. The van der Waals surface area contributed by atoms with Crippen LogP contribution in [0.1, 0.15) is 15.3 Å². The second-order valence-corrected chi connectivity index (χ2v) is 12.7. The Balaban J connectivity index is 0.000000187. The number of ether oxygens (including phenoxy) is 1. The van der Waals surface area contributed by atoms with Gasteiger partial charge in [-0.15, -0.1) is 22.7 Å². The van der Waals surface area contributed by atoms with Crippen LogP contribution in [0, 0.1) is 0 Å². The van der Waals surface area contributed by atoms with Crippen LogP contribution in [0.4, 0.5) is 32.2 Å². The van der Waals surface area contributed by atoms with E-state index in [0.717, 1.165) is 17.7 Å². The van der Waals surface area contributed by atoms with Gasteiger partial charge < -0.3 is 10.1 Å². The van der Waals surface area contributed by atoms with E-state index in [1.807, 2.05) is 0 Å². The molecular weight excluding hydrogens is 751 g/mol. The Morgan fingerprint density at radius 1 is 0.720 bits per heavy atom. The van der Waals surface area contributed by atoms with Crippen LogP contribution in [0.15, 0.2) is 67.5 Å². The van der Waals surface area contributed by atoms with E-state index in [-0.39, 0.29) is 49.6 Å². The number of thiophene rings is 2. The van der Waals surface area contributed by atoms with Crippen molar-refractivity contribution in [3.8, 4) is 28.8 Å². The molecule has 10 nitrogen and oxygen atoms in total. The van der Waals surface area contributed by atoms with Gasteiger partial charge in [0, 0.05) is 36.7 Å². The third-order valence-electron chi connectivity index (χ3n) is 6.56. The maximum absolute atomic E-state index is 13.2. The molecule has 256 valence electrons. The fourth-order valence-corrected chi connectivity index (χ4v) is 6.64. The van der Waals surface area contributed by atoms with Crippen LogP contribution in [-0.2, 0) is 18.9 Å². The molecule has 50 heavy (non-hydrogen) atoms. The third kappa shape index (κ3) is 7.83. The van der Waals surface area contributed by atoms with Crippen LogP contribution in [0.25, 0.3) is 43.5 Å². The number of methoxy groups -OCH3 is 1. The lowest BCUT2D eigenvalue weighted by molar-refractivity contribution is -0.135. The number of halogens is 8. The van der Waals surface area contributed by atoms with E-state index in [9.17, 15) is 26.3 Å². The second kappa shape index (κ2) is 14.2. The normalized spacial score (nSPS) is 11.8. The van der Waals surface area contributed by atoms with Crippen molar-refractivity contribution < 1.29 is 31.1 Å². The summed E-state index contributed by atoms with van der Waals surface area (Å²) >= 11 is 13.1. The summed E-state index contributed by atoms with van der Waals surface area (Å²) in [6, 6.07) is 7.22. The van der Waals surface area contributed by atoms with E-state index in [1.54, 1.807) is 18.2 Å². The zero-order valence-corrected chi connectivity index (χ0v) is 28.0. The maximum atomic E-state index is 13.2. The van der Waals surface area contributed by atoms with Crippen molar-refractivity contribution >= 4 is 72.1 Å². The number of fused-ring (bicyclic) bond motifs is 2. The quantitative estimate of drug-likeness (QED) is 0.129. The summed E-state index contributed by atoms with van der Waals surface area (Å²) in [6.07, 6.45) is -0.183. The summed E-state index contributed by atoms with van der Waals surface area (Å²) in [7, 11) is 1.51. The summed E-state index contributed by atoms with van der Waals surface area (Å²) in [5, 5.41) is 3.93. The monoisotopic (exact) mass is 767 g/mol. The maximum Gasteiger partial charge on any atom is 0.425 e. The molecular formula is C30H17Cl2F6N9OS2. The number of hydrogen-bond donors (Lipinski definition) is 1. The summed E-state index contributed by atoms with van der Waals surface area (Å²) in [5.41, 5.74) is 1.51. The van der Waals surface area contributed by atoms with E-state index < -0.39 is 22.1 Å². The lowest BCUT2D eigenvalue weighted by Crippen LogP contribution is -2.04. The molecule has 0 saturated carbocycles. The number of benzene rings is 1. The Kier molecular flexibility index (Phi) is 9.97. The van der Waals surface area contributed by atoms with Gasteiger partial charge in [0.1, 0.15) is 47.5 Å². The molecule has 0 aliphatic carbocycles. The van der Waals surface area contributed by atoms with Crippen molar-refractivity contribution in [2.24, 2.45) is 0 Å². The second-order valence-electron chi connectivity index (χ2n) is 9.89. The highest BCUT2D eigenvalue weighted by Gasteiger charge is 2.35. The Morgan fingerprint density at radius 2 is 1.28 bits per heavy atom. The molecule has 0 amide bonds. The molecule has 0 fully saturated rings. The van der Waals surface area contributed by atoms with Crippen molar-refractivity contribution in [2.45, 2.75) is 18.9 Å². The molecule has 0 unspecified atom stereocenters. The number of anilines is 1. The SMILES string of the molecule is COc1ccc(CNc2nc(-c3cnccn3)nc3sc(C(F)(F)F)cc23)cc1Cl.FC(F)(F)c1cc2c(Cl)nc(-c3cnccn3)nc2s1. The van der Waals surface area contributed by atoms with Crippen LogP contribution in [0.2, 0.25) is 10.2 Å². The fraction of sp³-hybridized carbons (Fsp3) is 0.133. The van der Waals surface area contributed by atoms with Gasteiger partial charge in [-0.2, -0.15) is 26.3 Å². The van der Waals surface area contributed by atoms with Gasteiger partial charge in [0.15, 0.2) is 11.6 Å². The predicted molar refractivity (Wildman–Crippen MR) is 177 cm³/mol. The Bertz CT molecular complexity index is 2290. The predicted octanol–water partition coefficient (Wildman–Crippen LogP) is 9.26. The number of hydrogen-bond acceptors (Lipinski definition) is 12.